The highest BCUT2D eigenvalue weighted by Gasteiger charge is 2.44. The number of piperidine rings is 1. The Balaban J connectivity index is 1.38. The normalized spacial score (nSPS) is 24.1. The number of carbonyl (C=O) groups is 1. The minimum Gasteiger partial charge on any atom is -0.489 e. The summed E-state index contributed by atoms with van der Waals surface area (Å²) in [5, 5.41) is 2.72. The predicted molar refractivity (Wildman–Crippen MR) is 97.0 cm³/mol. The smallest absolute Gasteiger partial charge is 0.416 e. The molecule has 2 atom stereocenters. The maximum Gasteiger partial charge on any atom is 0.416 e. The molecule has 2 aliphatic heterocycles. The van der Waals surface area contributed by atoms with Crippen LogP contribution >= 0.6 is 0 Å². The molecule has 0 unspecified atom stereocenters. The minimum absolute atomic E-state index is 0.0248. The van der Waals surface area contributed by atoms with E-state index in [-0.39, 0.29) is 24.2 Å². The standard InChI is InChI=1S/C20H20F3N3O2/c21-20(22,23)13-3-5-14(6-4-13)25-19(27)26-15-7-8-16(26)11-18(10-15)28-17-2-1-9-24-12-17/h1-6,9,12,15-16,18H,7-8,10-11H2,(H,25,27)/t15-,16-/m0/s1. The molecule has 0 spiro atoms. The van der Waals surface area contributed by atoms with Crippen molar-refractivity contribution in [3.05, 3.63) is 54.4 Å². The lowest BCUT2D eigenvalue weighted by Crippen LogP contribution is -2.50. The van der Waals surface area contributed by atoms with Gasteiger partial charge in [-0.3, -0.25) is 4.98 Å². The van der Waals surface area contributed by atoms with Crippen molar-refractivity contribution in [1.82, 2.24) is 9.88 Å². The molecule has 2 aliphatic rings. The summed E-state index contributed by atoms with van der Waals surface area (Å²) in [5.41, 5.74) is -0.384. The number of carbonyl (C=O) groups excluding carboxylic acids is 1. The summed E-state index contributed by atoms with van der Waals surface area (Å²) in [6.07, 6.45) is 2.25. The molecule has 0 radical (unpaired) electrons. The second-order valence-corrected chi connectivity index (χ2v) is 7.20. The van der Waals surface area contributed by atoms with Crippen LogP contribution in [-0.2, 0) is 6.18 Å². The van der Waals surface area contributed by atoms with Crippen LogP contribution < -0.4 is 10.1 Å². The summed E-state index contributed by atoms with van der Waals surface area (Å²) < 4.78 is 44.0. The maximum atomic E-state index is 12.7. The third kappa shape index (κ3) is 3.90. The lowest BCUT2D eigenvalue weighted by Gasteiger charge is -2.38. The number of urea groups is 1. The van der Waals surface area contributed by atoms with E-state index in [2.05, 4.69) is 10.3 Å². The number of amides is 2. The van der Waals surface area contributed by atoms with Crippen LogP contribution in [0.5, 0.6) is 5.75 Å². The number of anilines is 1. The highest BCUT2D eigenvalue weighted by molar-refractivity contribution is 5.90. The summed E-state index contributed by atoms with van der Waals surface area (Å²) in [5.74, 6) is 0.717. The Morgan fingerprint density at radius 2 is 1.79 bits per heavy atom. The second kappa shape index (κ2) is 7.33. The molecule has 4 rings (SSSR count). The molecule has 148 valence electrons. The highest BCUT2D eigenvalue weighted by Crippen LogP contribution is 2.38. The van der Waals surface area contributed by atoms with Crippen molar-refractivity contribution in [2.45, 2.75) is 50.0 Å². The first-order chi connectivity index (χ1) is 13.4. The zero-order chi connectivity index (χ0) is 19.7. The van der Waals surface area contributed by atoms with Crippen LogP contribution in [-0.4, -0.2) is 34.1 Å². The van der Waals surface area contributed by atoms with Gasteiger partial charge < -0.3 is 15.0 Å². The fraction of sp³-hybridized carbons (Fsp3) is 0.400. The van der Waals surface area contributed by atoms with Gasteiger partial charge in [0, 0.05) is 36.8 Å². The molecular formula is C20H20F3N3O2. The molecule has 2 bridgehead atoms. The van der Waals surface area contributed by atoms with Gasteiger partial charge in [-0.1, -0.05) is 0 Å². The zero-order valence-corrected chi connectivity index (χ0v) is 15.0. The number of hydrogen-bond donors (Lipinski definition) is 1. The third-order valence-electron chi connectivity index (χ3n) is 5.32. The molecule has 1 aromatic carbocycles. The number of hydrogen-bond acceptors (Lipinski definition) is 3. The molecule has 5 nitrogen and oxygen atoms in total. The molecule has 0 aliphatic carbocycles. The Bertz CT molecular complexity index is 813. The van der Waals surface area contributed by atoms with Crippen LogP contribution in [0.25, 0.3) is 0 Å². The molecule has 2 saturated heterocycles. The number of rotatable bonds is 3. The lowest BCUT2D eigenvalue weighted by molar-refractivity contribution is -0.137. The van der Waals surface area contributed by atoms with E-state index < -0.39 is 11.7 Å². The largest absolute Gasteiger partial charge is 0.489 e. The molecule has 0 saturated carbocycles. The van der Waals surface area contributed by atoms with E-state index in [1.165, 1.54) is 12.1 Å². The third-order valence-corrected chi connectivity index (χ3v) is 5.32. The molecular weight excluding hydrogens is 371 g/mol. The Labute approximate surface area is 160 Å². The van der Waals surface area contributed by atoms with Crippen molar-refractivity contribution in [3.8, 4) is 5.75 Å². The van der Waals surface area contributed by atoms with Crippen molar-refractivity contribution < 1.29 is 22.7 Å². The van der Waals surface area contributed by atoms with E-state index in [1.807, 2.05) is 17.0 Å². The number of benzene rings is 1. The maximum absolute atomic E-state index is 12.7. The van der Waals surface area contributed by atoms with Crippen LogP contribution in [0.1, 0.15) is 31.2 Å². The summed E-state index contributed by atoms with van der Waals surface area (Å²) in [4.78, 5) is 18.6. The summed E-state index contributed by atoms with van der Waals surface area (Å²) in [7, 11) is 0. The summed E-state index contributed by atoms with van der Waals surface area (Å²) >= 11 is 0. The van der Waals surface area contributed by atoms with E-state index in [9.17, 15) is 18.0 Å². The van der Waals surface area contributed by atoms with E-state index in [0.717, 1.165) is 43.6 Å². The number of alkyl halides is 3. The van der Waals surface area contributed by atoms with Gasteiger partial charge in [0.1, 0.15) is 11.9 Å². The van der Waals surface area contributed by atoms with Crippen LogP contribution in [0.3, 0.4) is 0 Å². The molecule has 2 aromatic rings. The van der Waals surface area contributed by atoms with Crippen molar-refractivity contribution in [2.24, 2.45) is 0 Å². The Kier molecular flexibility index (Phi) is 4.87. The number of fused-ring (bicyclic) bond motifs is 2. The molecule has 1 aromatic heterocycles. The summed E-state index contributed by atoms with van der Waals surface area (Å²) in [6.45, 7) is 0. The molecule has 2 amide bonds. The van der Waals surface area contributed by atoms with Crippen LogP contribution in [0, 0.1) is 0 Å². The van der Waals surface area contributed by atoms with Gasteiger partial charge in [0.15, 0.2) is 0 Å². The highest BCUT2D eigenvalue weighted by atomic mass is 19.4. The van der Waals surface area contributed by atoms with Crippen molar-refractivity contribution in [1.29, 1.82) is 0 Å². The van der Waals surface area contributed by atoms with Gasteiger partial charge >= 0.3 is 12.2 Å². The average Bonchev–Trinajstić information content (AvgIpc) is 2.93. The summed E-state index contributed by atoms with van der Waals surface area (Å²) in [6, 6.07) is 8.03. The Morgan fingerprint density at radius 1 is 1.11 bits per heavy atom. The van der Waals surface area contributed by atoms with E-state index >= 15 is 0 Å². The Hall–Kier alpha value is -2.77. The molecule has 28 heavy (non-hydrogen) atoms. The fourth-order valence-corrected chi connectivity index (χ4v) is 4.09. The first-order valence-electron chi connectivity index (χ1n) is 9.23. The first-order valence-corrected chi connectivity index (χ1v) is 9.23. The molecule has 2 fully saturated rings. The number of halogens is 3. The van der Waals surface area contributed by atoms with E-state index in [0.29, 0.717) is 5.69 Å². The molecule has 3 heterocycles. The number of pyridine rings is 1. The first kappa shape index (κ1) is 18.6. The minimum atomic E-state index is -4.39. The van der Waals surface area contributed by atoms with Crippen LogP contribution in [0.15, 0.2) is 48.8 Å². The average molecular weight is 391 g/mol. The van der Waals surface area contributed by atoms with Crippen LogP contribution in [0.4, 0.5) is 23.7 Å². The van der Waals surface area contributed by atoms with Crippen molar-refractivity contribution in [2.75, 3.05) is 5.32 Å². The van der Waals surface area contributed by atoms with E-state index in [4.69, 9.17) is 4.74 Å². The molecule has 8 heteroatoms. The monoisotopic (exact) mass is 391 g/mol. The van der Waals surface area contributed by atoms with Gasteiger partial charge in [-0.15, -0.1) is 0 Å². The van der Waals surface area contributed by atoms with Gasteiger partial charge in [-0.25, -0.2) is 4.79 Å². The number of aromatic nitrogens is 1. The fourth-order valence-electron chi connectivity index (χ4n) is 4.09. The quantitative estimate of drug-likeness (QED) is 0.825. The van der Waals surface area contributed by atoms with Gasteiger partial charge in [0.2, 0.25) is 0 Å². The number of nitrogens with zero attached hydrogens (tertiary/aromatic N) is 2. The van der Waals surface area contributed by atoms with Crippen LogP contribution in [0.2, 0.25) is 0 Å². The van der Waals surface area contributed by atoms with Crippen molar-refractivity contribution in [3.63, 3.8) is 0 Å². The topological polar surface area (TPSA) is 54.5 Å². The van der Waals surface area contributed by atoms with Gasteiger partial charge in [-0.05, 0) is 49.2 Å². The van der Waals surface area contributed by atoms with E-state index in [1.54, 1.807) is 12.4 Å². The van der Waals surface area contributed by atoms with Crippen molar-refractivity contribution >= 4 is 11.7 Å². The van der Waals surface area contributed by atoms with Gasteiger partial charge in [-0.2, -0.15) is 13.2 Å². The second-order valence-electron chi connectivity index (χ2n) is 7.20. The lowest BCUT2D eigenvalue weighted by atomic mass is 10.00. The number of nitrogens with one attached hydrogen (secondary N) is 1. The number of ether oxygens (including phenoxy) is 1. The zero-order valence-electron chi connectivity index (χ0n) is 15.0. The van der Waals surface area contributed by atoms with Gasteiger partial charge in [0.05, 0.1) is 11.8 Å². The van der Waals surface area contributed by atoms with Gasteiger partial charge in [0.25, 0.3) is 0 Å². The molecule has 1 N–H and O–H groups in total. The SMILES string of the molecule is O=C(Nc1ccc(C(F)(F)F)cc1)N1[C@H]2CC[C@H]1CC(Oc1cccnc1)C2. The Morgan fingerprint density at radius 3 is 2.36 bits per heavy atom. The predicted octanol–water partition coefficient (Wildman–Crippen LogP) is 4.71.